The number of hydrogen-bond donors (Lipinski definition) is 1. The number of piperidine rings is 1. The Hall–Kier alpha value is -2.15. The molecule has 2 aromatic rings. The lowest BCUT2D eigenvalue weighted by atomic mass is 9.97. The van der Waals surface area contributed by atoms with Crippen molar-refractivity contribution in [2.45, 2.75) is 18.8 Å². The number of rotatable bonds is 3. The second-order valence-corrected chi connectivity index (χ2v) is 5.35. The van der Waals surface area contributed by atoms with Gasteiger partial charge in [-0.3, -0.25) is 0 Å². The third kappa shape index (κ3) is 2.82. The fourth-order valence-electron chi connectivity index (χ4n) is 2.51. The third-order valence-electron chi connectivity index (χ3n) is 3.86. The molecule has 3 rings (SSSR count). The Labute approximate surface area is 123 Å². The topological polar surface area (TPSA) is 90.3 Å². The number of likely N-dealkylation sites (tertiary alicyclic amines) is 1. The Morgan fingerprint density at radius 1 is 1.38 bits per heavy atom. The van der Waals surface area contributed by atoms with Gasteiger partial charge in [0.15, 0.2) is 5.82 Å². The largest absolute Gasteiger partial charge is 0.494 e. The van der Waals surface area contributed by atoms with E-state index >= 15 is 0 Å². The van der Waals surface area contributed by atoms with E-state index in [9.17, 15) is 0 Å². The molecule has 1 fully saturated rings. The fraction of sp³-hybridized carbons (Fsp3) is 0.500. The third-order valence-corrected chi connectivity index (χ3v) is 3.86. The summed E-state index contributed by atoms with van der Waals surface area (Å²) in [5, 5.41) is 4.10. The molecule has 21 heavy (non-hydrogen) atoms. The summed E-state index contributed by atoms with van der Waals surface area (Å²) >= 11 is 0. The van der Waals surface area contributed by atoms with Gasteiger partial charge in [-0.15, -0.1) is 0 Å². The molecule has 7 nitrogen and oxygen atoms in total. The van der Waals surface area contributed by atoms with Crippen molar-refractivity contribution in [2.75, 3.05) is 33.0 Å². The van der Waals surface area contributed by atoms with Crippen LogP contribution in [0, 0.1) is 0 Å². The van der Waals surface area contributed by atoms with Crippen molar-refractivity contribution in [1.29, 1.82) is 0 Å². The van der Waals surface area contributed by atoms with Crippen LogP contribution in [0.2, 0.25) is 0 Å². The zero-order valence-electron chi connectivity index (χ0n) is 12.2. The molecule has 0 bridgehead atoms. The second kappa shape index (κ2) is 5.69. The van der Waals surface area contributed by atoms with Crippen LogP contribution in [0.5, 0.6) is 5.75 Å². The first-order valence-corrected chi connectivity index (χ1v) is 6.99. The van der Waals surface area contributed by atoms with Gasteiger partial charge in [0, 0.05) is 12.0 Å². The predicted octanol–water partition coefficient (Wildman–Crippen LogP) is 1.53. The molecule has 112 valence electrons. The maximum absolute atomic E-state index is 5.75. The molecule has 0 radical (unpaired) electrons. The molecule has 7 heteroatoms. The molecule has 0 amide bonds. The highest BCUT2D eigenvalue weighted by molar-refractivity contribution is 5.59. The first kappa shape index (κ1) is 13.8. The van der Waals surface area contributed by atoms with Crippen molar-refractivity contribution in [2.24, 2.45) is 0 Å². The van der Waals surface area contributed by atoms with Crippen LogP contribution in [-0.4, -0.2) is 47.3 Å². The van der Waals surface area contributed by atoms with Gasteiger partial charge >= 0.3 is 0 Å². The number of anilines is 1. The maximum Gasteiger partial charge on any atom is 0.276 e. The van der Waals surface area contributed by atoms with E-state index in [2.05, 4.69) is 27.1 Å². The summed E-state index contributed by atoms with van der Waals surface area (Å²) in [6.45, 7) is 2.12. The van der Waals surface area contributed by atoms with E-state index in [-0.39, 0.29) is 0 Å². The Balaban J connectivity index is 1.81. The molecule has 0 spiro atoms. The normalized spacial score (nSPS) is 17.0. The Bertz CT molecular complexity index is 620. The molecule has 0 aromatic carbocycles. The number of nitrogens with two attached hydrogens (primary N) is 1. The van der Waals surface area contributed by atoms with E-state index in [4.69, 9.17) is 15.0 Å². The summed E-state index contributed by atoms with van der Waals surface area (Å²) in [7, 11) is 3.69. The molecule has 1 saturated heterocycles. The smallest absolute Gasteiger partial charge is 0.276 e. The SMILES string of the molecule is COc1cc(-c2nc(C3CCN(C)CC3)no2)ncc1N. The summed E-state index contributed by atoms with van der Waals surface area (Å²) in [4.78, 5) is 11.0. The maximum atomic E-state index is 5.75. The zero-order valence-corrected chi connectivity index (χ0v) is 12.2. The highest BCUT2D eigenvalue weighted by atomic mass is 16.5. The van der Waals surface area contributed by atoms with Crippen LogP contribution in [0.4, 0.5) is 5.69 Å². The average molecular weight is 289 g/mol. The Morgan fingerprint density at radius 3 is 2.86 bits per heavy atom. The highest BCUT2D eigenvalue weighted by Crippen LogP contribution is 2.29. The minimum atomic E-state index is 0.356. The van der Waals surface area contributed by atoms with Crippen LogP contribution in [0.25, 0.3) is 11.6 Å². The first-order chi connectivity index (χ1) is 10.2. The van der Waals surface area contributed by atoms with Crippen LogP contribution >= 0.6 is 0 Å². The van der Waals surface area contributed by atoms with Gasteiger partial charge in [-0.2, -0.15) is 4.98 Å². The first-order valence-electron chi connectivity index (χ1n) is 6.99. The molecule has 3 heterocycles. The minimum Gasteiger partial charge on any atom is -0.494 e. The monoisotopic (exact) mass is 289 g/mol. The average Bonchev–Trinajstić information content (AvgIpc) is 2.98. The summed E-state index contributed by atoms with van der Waals surface area (Å²) in [6.07, 6.45) is 3.63. The number of nitrogen functional groups attached to an aromatic ring is 1. The lowest BCUT2D eigenvalue weighted by Gasteiger charge is -2.26. The van der Waals surface area contributed by atoms with E-state index < -0.39 is 0 Å². The van der Waals surface area contributed by atoms with Gasteiger partial charge in [-0.25, -0.2) is 4.98 Å². The number of nitrogens with zero attached hydrogens (tertiary/aromatic N) is 4. The molecule has 0 aliphatic carbocycles. The number of aromatic nitrogens is 3. The summed E-state index contributed by atoms with van der Waals surface area (Å²) < 4.78 is 10.5. The highest BCUT2D eigenvalue weighted by Gasteiger charge is 2.23. The van der Waals surface area contributed by atoms with Gasteiger partial charge in [0.2, 0.25) is 0 Å². The Morgan fingerprint density at radius 2 is 2.14 bits per heavy atom. The van der Waals surface area contributed by atoms with Crippen LogP contribution in [0.3, 0.4) is 0 Å². The van der Waals surface area contributed by atoms with Crippen molar-refractivity contribution in [3.05, 3.63) is 18.1 Å². The molecule has 1 aliphatic rings. The molecule has 1 aliphatic heterocycles. The molecule has 2 aromatic heterocycles. The van der Waals surface area contributed by atoms with Crippen molar-refractivity contribution in [3.8, 4) is 17.3 Å². The van der Waals surface area contributed by atoms with Crippen LogP contribution < -0.4 is 10.5 Å². The van der Waals surface area contributed by atoms with Crippen molar-refractivity contribution in [1.82, 2.24) is 20.0 Å². The van der Waals surface area contributed by atoms with Gasteiger partial charge in [0.05, 0.1) is 19.0 Å². The minimum absolute atomic E-state index is 0.356. The van der Waals surface area contributed by atoms with Crippen LogP contribution in [0.15, 0.2) is 16.8 Å². The quantitative estimate of drug-likeness (QED) is 0.916. The number of hydrogen-bond acceptors (Lipinski definition) is 7. The lowest BCUT2D eigenvalue weighted by molar-refractivity contribution is 0.248. The molecule has 0 unspecified atom stereocenters. The van der Waals surface area contributed by atoms with Gasteiger partial charge in [0.1, 0.15) is 11.4 Å². The van der Waals surface area contributed by atoms with E-state index in [0.717, 1.165) is 31.8 Å². The van der Waals surface area contributed by atoms with Gasteiger partial charge < -0.3 is 19.9 Å². The summed E-state index contributed by atoms with van der Waals surface area (Å²) in [5.74, 6) is 2.08. The van der Waals surface area contributed by atoms with Crippen molar-refractivity contribution >= 4 is 5.69 Å². The van der Waals surface area contributed by atoms with Gasteiger partial charge in [-0.1, -0.05) is 5.16 Å². The number of ether oxygens (including phenoxy) is 1. The fourth-order valence-corrected chi connectivity index (χ4v) is 2.51. The lowest BCUT2D eigenvalue weighted by Crippen LogP contribution is -2.29. The van der Waals surface area contributed by atoms with Crippen LogP contribution in [-0.2, 0) is 0 Å². The van der Waals surface area contributed by atoms with E-state index in [0.29, 0.717) is 28.9 Å². The summed E-state index contributed by atoms with van der Waals surface area (Å²) in [5.41, 5.74) is 6.81. The molecule has 0 atom stereocenters. The van der Waals surface area contributed by atoms with E-state index in [1.807, 2.05) is 0 Å². The zero-order chi connectivity index (χ0) is 14.8. The number of methoxy groups -OCH3 is 1. The van der Waals surface area contributed by atoms with Crippen molar-refractivity contribution < 1.29 is 9.26 Å². The number of pyridine rings is 1. The molecule has 0 saturated carbocycles. The predicted molar refractivity (Wildman–Crippen MR) is 78.0 cm³/mol. The standard InChI is InChI=1S/C14H19N5O2/c1-19-5-3-9(4-6-19)13-17-14(21-18-13)11-7-12(20-2)10(15)8-16-11/h7-9H,3-6,15H2,1-2H3. The molecular formula is C14H19N5O2. The summed E-state index contributed by atoms with van der Waals surface area (Å²) in [6, 6.07) is 1.71. The van der Waals surface area contributed by atoms with E-state index in [1.165, 1.54) is 6.20 Å². The molecule has 2 N–H and O–H groups in total. The second-order valence-electron chi connectivity index (χ2n) is 5.35. The Kier molecular flexibility index (Phi) is 3.74. The van der Waals surface area contributed by atoms with E-state index in [1.54, 1.807) is 13.2 Å². The van der Waals surface area contributed by atoms with Crippen LogP contribution in [0.1, 0.15) is 24.6 Å². The van der Waals surface area contributed by atoms with Crippen molar-refractivity contribution in [3.63, 3.8) is 0 Å². The molecular weight excluding hydrogens is 270 g/mol. The van der Waals surface area contributed by atoms with Gasteiger partial charge in [0.25, 0.3) is 5.89 Å². The van der Waals surface area contributed by atoms with Gasteiger partial charge in [-0.05, 0) is 33.0 Å².